The van der Waals surface area contributed by atoms with Gasteiger partial charge in [0.25, 0.3) is 5.56 Å². The smallest absolute Gasteiger partial charge is 0.330 e. The highest BCUT2D eigenvalue weighted by Gasteiger charge is 2.32. The fourth-order valence-electron chi connectivity index (χ4n) is 4.62. The number of nitrogen functional groups attached to an aromatic ring is 1. The second kappa shape index (κ2) is 11.0. The third-order valence-electron chi connectivity index (χ3n) is 6.49. The lowest BCUT2D eigenvalue weighted by molar-refractivity contribution is -0.116. The van der Waals surface area contributed by atoms with Crippen molar-refractivity contribution in [1.29, 1.82) is 0 Å². The number of carbonyl (C=O) groups is 1. The van der Waals surface area contributed by atoms with E-state index in [1.54, 1.807) is 6.20 Å². The maximum absolute atomic E-state index is 13.6. The molecule has 0 atom stereocenters. The van der Waals surface area contributed by atoms with Crippen molar-refractivity contribution in [3.63, 3.8) is 0 Å². The van der Waals surface area contributed by atoms with Crippen molar-refractivity contribution in [2.24, 2.45) is 7.05 Å². The van der Waals surface area contributed by atoms with Gasteiger partial charge in [-0.2, -0.15) is 0 Å². The van der Waals surface area contributed by atoms with E-state index in [2.05, 4.69) is 9.97 Å². The van der Waals surface area contributed by atoms with Gasteiger partial charge in [0.05, 0.1) is 17.6 Å². The van der Waals surface area contributed by atoms with E-state index in [0.717, 1.165) is 49.8 Å². The summed E-state index contributed by atoms with van der Waals surface area (Å²) in [6.45, 7) is 2.40. The van der Waals surface area contributed by atoms with Crippen LogP contribution in [0.5, 0.6) is 0 Å². The molecule has 0 unspecified atom stereocenters. The van der Waals surface area contributed by atoms with Crippen molar-refractivity contribution in [1.82, 2.24) is 19.1 Å². The zero-order chi connectivity index (χ0) is 24.9. The largest absolute Gasteiger partial charge is 0.383 e. The van der Waals surface area contributed by atoms with Gasteiger partial charge < -0.3 is 15.2 Å². The number of aromatic nitrogens is 4. The SMILES string of the molecule is CCCCn1c(N)c(N(C(=O)CSc2ncc(-c3ccccc3)n2C)C2CCCC2)c(=O)[nH]c1=O. The van der Waals surface area contributed by atoms with Crippen LogP contribution in [0.15, 0.2) is 51.3 Å². The fourth-order valence-corrected chi connectivity index (χ4v) is 5.43. The van der Waals surface area contributed by atoms with Crippen molar-refractivity contribution in [3.05, 3.63) is 57.4 Å². The zero-order valence-electron chi connectivity index (χ0n) is 20.2. The molecule has 2 heterocycles. The van der Waals surface area contributed by atoms with Crippen molar-refractivity contribution in [2.75, 3.05) is 16.4 Å². The Balaban J connectivity index is 1.62. The number of nitrogens with two attached hydrogens (primary N) is 1. The number of unbranched alkanes of at least 4 members (excludes halogenated alkanes) is 1. The first-order valence-corrected chi connectivity index (χ1v) is 13.1. The average molecular weight is 497 g/mol. The van der Waals surface area contributed by atoms with E-state index >= 15 is 0 Å². The van der Waals surface area contributed by atoms with Gasteiger partial charge in [0.15, 0.2) is 10.8 Å². The second-order valence-corrected chi connectivity index (χ2v) is 9.78. The highest BCUT2D eigenvalue weighted by molar-refractivity contribution is 7.99. The molecule has 2 aromatic heterocycles. The summed E-state index contributed by atoms with van der Waals surface area (Å²) in [5.41, 5.74) is 7.28. The minimum Gasteiger partial charge on any atom is -0.383 e. The van der Waals surface area contributed by atoms with E-state index in [9.17, 15) is 14.4 Å². The molecule has 4 rings (SSSR count). The lowest BCUT2D eigenvalue weighted by Gasteiger charge is -2.29. The Bertz CT molecular complexity index is 1290. The number of aromatic amines is 1. The number of amides is 1. The van der Waals surface area contributed by atoms with Crippen molar-refractivity contribution < 1.29 is 4.79 Å². The molecule has 0 saturated heterocycles. The van der Waals surface area contributed by atoms with E-state index in [1.807, 2.05) is 48.9 Å². The second-order valence-electron chi connectivity index (χ2n) is 8.84. The van der Waals surface area contributed by atoms with Gasteiger partial charge in [0.1, 0.15) is 5.82 Å². The van der Waals surface area contributed by atoms with Gasteiger partial charge in [-0.05, 0) is 24.8 Å². The summed E-state index contributed by atoms with van der Waals surface area (Å²) >= 11 is 1.32. The molecule has 1 aliphatic rings. The number of rotatable bonds is 9. The van der Waals surface area contributed by atoms with Crippen molar-refractivity contribution >= 4 is 29.2 Å². The van der Waals surface area contributed by atoms with Crippen LogP contribution in [0.2, 0.25) is 0 Å². The quantitative estimate of drug-likeness (QED) is 0.438. The third-order valence-corrected chi connectivity index (χ3v) is 7.52. The van der Waals surface area contributed by atoms with E-state index in [-0.39, 0.29) is 29.2 Å². The predicted molar refractivity (Wildman–Crippen MR) is 140 cm³/mol. The first-order valence-electron chi connectivity index (χ1n) is 12.1. The normalized spacial score (nSPS) is 13.9. The number of nitrogens with one attached hydrogen (secondary N) is 1. The van der Waals surface area contributed by atoms with Crippen LogP contribution in [0.4, 0.5) is 11.5 Å². The first kappa shape index (κ1) is 24.8. The van der Waals surface area contributed by atoms with Crippen LogP contribution in [-0.2, 0) is 18.4 Å². The minimum atomic E-state index is -0.617. The molecule has 0 radical (unpaired) electrons. The summed E-state index contributed by atoms with van der Waals surface area (Å²) in [5, 5.41) is 0.707. The molecule has 1 fully saturated rings. The van der Waals surface area contributed by atoms with E-state index in [4.69, 9.17) is 5.73 Å². The number of benzene rings is 1. The number of thioether (sulfide) groups is 1. The number of hydrogen-bond acceptors (Lipinski definition) is 6. The summed E-state index contributed by atoms with van der Waals surface area (Å²) < 4.78 is 3.33. The van der Waals surface area contributed by atoms with Crippen LogP contribution in [0, 0.1) is 0 Å². The fraction of sp³-hybridized carbons (Fsp3) is 0.440. The van der Waals surface area contributed by atoms with Gasteiger partial charge in [0, 0.05) is 19.6 Å². The number of imidazole rings is 1. The Morgan fingerprint density at radius 3 is 2.63 bits per heavy atom. The van der Waals surface area contributed by atoms with E-state index in [1.165, 1.54) is 21.2 Å². The molecule has 1 amide bonds. The van der Waals surface area contributed by atoms with Crippen LogP contribution in [0.25, 0.3) is 11.3 Å². The molecule has 3 N–H and O–H groups in total. The molecule has 0 aliphatic heterocycles. The van der Waals surface area contributed by atoms with Gasteiger partial charge in [-0.3, -0.25) is 19.1 Å². The Labute approximate surface area is 208 Å². The number of nitrogens with zero attached hydrogens (tertiary/aromatic N) is 4. The Morgan fingerprint density at radius 1 is 1.23 bits per heavy atom. The topological polar surface area (TPSA) is 119 Å². The summed E-state index contributed by atoms with van der Waals surface area (Å²) in [6.07, 6.45) is 6.96. The Kier molecular flexibility index (Phi) is 7.80. The van der Waals surface area contributed by atoms with Gasteiger partial charge in [0.2, 0.25) is 5.91 Å². The first-order chi connectivity index (χ1) is 16.9. The lowest BCUT2D eigenvalue weighted by atomic mass is 10.2. The van der Waals surface area contributed by atoms with Crippen LogP contribution in [0.1, 0.15) is 45.4 Å². The zero-order valence-corrected chi connectivity index (χ0v) is 21.0. The molecule has 1 aliphatic carbocycles. The lowest BCUT2D eigenvalue weighted by Crippen LogP contribution is -2.46. The van der Waals surface area contributed by atoms with Crippen molar-refractivity contribution in [2.45, 2.75) is 63.2 Å². The van der Waals surface area contributed by atoms with Crippen molar-refractivity contribution in [3.8, 4) is 11.3 Å². The summed E-state index contributed by atoms with van der Waals surface area (Å²) in [6, 6.07) is 9.82. The molecule has 1 aromatic carbocycles. The molecular weight excluding hydrogens is 464 g/mol. The average Bonchev–Trinajstić information content (AvgIpc) is 3.50. The number of carbonyl (C=O) groups excluding carboxylic acids is 1. The van der Waals surface area contributed by atoms with Crippen LogP contribution in [0.3, 0.4) is 0 Å². The number of H-pyrrole nitrogens is 1. The van der Waals surface area contributed by atoms with Gasteiger partial charge in [-0.15, -0.1) is 0 Å². The summed E-state index contributed by atoms with van der Waals surface area (Å²) in [5.74, 6) is -0.0624. The van der Waals surface area contributed by atoms with Crippen LogP contribution >= 0.6 is 11.8 Å². The molecule has 35 heavy (non-hydrogen) atoms. The number of hydrogen-bond donors (Lipinski definition) is 2. The number of anilines is 2. The van der Waals surface area contributed by atoms with Crippen LogP contribution < -0.4 is 21.9 Å². The third kappa shape index (κ3) is 5.22. The molecule has 0 bridgehead atoms. The van der Waals surface area contributed by atoms with E-state index in [0.29, 0.717) is 11.7 Å². The molecule has 186 valence electrons. The van der Waals surface area contributed by atoms with Gasteiger partial charge >= 0.3 is 5.69 Å². The minimum absolute atomic E-state index is 0.0563. The maximum Gasteiger partial charge on any atom is 0.330 e. The Hall–Kier alpha value is -3.27. The van der Waals surface area contributed by atoms with E-state index < -0.39 is 11.2 Å². The van der Waals surface area contributed by atoms with Crippen LogP contribution in [-0.4, -0.2) is 36.8 Å². The molecule has 10 heteroatoms. The summed E-state index contributed by atoms with van der Waals surface area (Å²) in [4.78, 5) is 47.3. The molecular formula is C25H32N6O3S. The molecule has 3 aromatic rings. The monoisotopic (exact) mass is 496 g/mol. The maximum atomic E-state index is 13.6. The summed E-state index contributed by atoms with van der Waals surface area (Å²) in [7, 11) is 1.92. The van der Waals surface area contributed by atoms with Gasteiger partial charge in [-0.25, -0.2) is 9.78 Å². The molecule has 0 spiro atoms. The highest BCUT2D eigenvalue weighted by Crippen LogP contribution is 2.31. The molecule has 9 nitrogen and oxygen atoms in total. The standard InChI is InChI=1S/C25H32N6O3S/c1-3-4-14-30-22(26)21(23(33)28-24(30)34)31(18-12-8-9-13-18)20(32)16-35-25-27-15-19(29(25)2)17-10-6-5-7-11-17/h5-7,10-11,15,18H,3-4,8-9,12-14,16,26H2,1-2H3,(H,28,33,34). The predicted octanol–water partition coefficient (Wildman–Crippen LogP) is 3.39. The van der Waals surface area contributed by atoms with Gasteiger partial charge in [-0.1, -0.05) is 68.3 Å². The molecule has 1 saturated carbocycles. The highest BCUT2D eigenvalue weighted by atomic mass is 32.2. The Morgan fingerprint density at radius 2 is 1.94 bits per heavy atom.